The van der Waals surface area contributed by atoms with Crippen molar-refractivity contribution in [2.75, 3.05) is 30.4 Å². The number of thiocarbonyl (C=S) groups is 1. The van der Waals surface area contributed by atoms with Crippen molar-refractivity contribution < 1.29 is 4.74 Å². The molecule has 0 amide bonds. The van der Waals surface area contributed by atoms with Crippen molar-refractivity contribution in [3.8, 4) is 5.75 Å². The number of rotatable bonds is 5. The van der Waals surface area contributed by atoms with Crippen LogP contribution in [0.3, 0.4) is 0 Å². The van der Waals surface area contributed by atoms with Crippen LogP contribution in [0.2, 0.25) is 5.02 Å². The third-order valence-electron chi connectivity index (χ3n) is 5.17. The lowest BCUT2D eigenvalue weighted by atomic mass is 9.99. The van der Waals surface area contributed by atoms with E-state index < -0.39 is 0 Å². The Labute approximate surface area is 178 Å². The van der Waals surface area contributed by atoms with E-state index in [1.807, 2.05) is 12.1 Å². The van der Waals surface area contributed by atoms with Crippen LogP contribution in [0.1, 0.15) is 38.3 Å². The lowest BCUT2D eigenvalue weighted by Crippen LogP contribution is -2.34. The van der Waals surface area contributed by atoms with E-state index in [0.29, 0.717) is 15.9 Å². The van der Waals surface area contributed by atoms with Crippen molar-refractivity contribution in [3.05, 3.63) is 53.1 Å². The van der Waals surface area contributed by atoms with Gasteiger partial charge in [-0.05, 0) is 73.8 Å². The van der Waals surface area contributed by atoms with Crippen molar-refractivity contribution >= 4 is 40.3 Å². The van der Waals surface area contributed by atoms with Crippen LogP contribution in [0.4, 0.5) is 11.4 Å². The van der Waals surface area contributed by atoms with Crippen LogP contribution in [0.5, 0.6) is 5.75 Å². The minimum Gasteiger partial charge on any atom is -0.495 e. The number of hydrogen-bond donors (Lipinski definition) is 2. The number of nitrogens with one attached hydrogen (secondary N) is 2. The van der Waals surface area contributed by atoms with Crippen LogP contribution in [0, 0.1) is 5.92 Å². The fraction of sp³-hybridized carbons (Fsp3) is 0.409. The largest absolute Gasteiger partial charge is 0.495 e. The van der Waals surface area contributed by atoms with E-state index in [1.54, 1.807) is 13.2 Å². The van der Waals surface area contributed by atoms with Gasteiger partial charge in [0.05, 0.1) is 18.2 Å². The topological polar surface area (TPSA) is 36.5 Å². The Morgan fingerprint density at radius 2 is 2.00 bits per heavy atom. The molecule has 0 radical (unpaired) electrons. The second-order valence-corrected chi connectivity index (χ2v) is 8.27. The summed E-state index contributed by atoms with van der Waals surface area (Å²) in [4.78, 5) is 2.48. The lowest BCUT2D eigenvalue weighted by molar-refractivity contribution is 0.415. The van der Waals surface area contributed by atoms with Crippen LogP contribution in [-0.4, -0.2) is 25.3 Å². The van der Waals surface area contributed by atoms with Crippen LogP contribution < -0.4 is 20.3 Å². The Morgan fingerprint density at radius 3 is 2.64 bits per heavy atom. The standard InChI is InChI=1S/C22H28ClN3OS/c1-15-5-4-12-26(14-15)19-9-6-17(7-10-19)16(2)24-22(28)25-18-8-11-21(27-3)20(23)13-18/h6-11,13,15-16H,4-5,12,14H2,1-3H3,(H2,24,25,28)/t15-,16-/m1/s1. The first-order valence-electron chi connectivity index (χ1n) is 9.72. The summed E-state index contributed by atoms with van der Waals surface area (Å²) in [5.41, 5.74) is 3.33. The number of methoxy groups -OCH3 is 1. The van der Waals surface area contributed by atoms with Crippen molar-refractivity contribution in [1.82, 2.24) is 5.32 Å². The van der Waals surface area contributed by atoms with Gasteiger partial charge in [-0.3, -0.25) is 0 Å². The van der Waals surface area contributed by atoms with Gasteiger partial charge in [0.1, 0.15) is 5.75 Å². The second kappa shape index (κ2) is 9.48. The Morgan fingerprint density at radius 1 is 1.25 bits per heavy atom. The van der Waals surface area contributed by atoms with E-state index in [2.05, 4.69) is 53.6 Å². The molecule has 0 spiro atoms. The Hall–Kier alpha value is -1.98. The Balaban J connectivity index is 1.57. The quantitative estimate of drug-likeness (QED) is 0.616. The summed E-state index contributed by atoms with van der Waals surface area (Å²) < 4.78 is 5.17. The molecule has 3 rings (SSSR count). The van der Waals surface area contributed by atoms with Crippen molar-refractivity contribution in [3.63, 3.8) is 0 Å². The predicted octanol–water partition coefficient (Wildman–Crippen LogP) is 5.63. The zero-order valence-electron chi connectivity index (χ0n) is 16.7. The average molecular weight is 418 g/mol. The molecule has 4 nitrogen and oxygen atoms in total. The molecule has 2 N–H and O–H groups in total. The zero-order valence-corrected chi connectivity index (χ0v) is 18.2. The third-order valence-corrected chi connectivity index (χ3v) is 5.69. The second-order valence-electron chi connectivity index (χ2n) is 7.45. The van der Waals surface area contributed by atoms with Crippen LogP contribution in [0.25, 0.3) is 0 Å². The number of benzene rings is 2. The number of piperidine rings is 1. The first-order chi connectivity index (χ1) is 13.5. The molecule has 150 valence electrons. The highest BCUT2D eigenvalue weighted by Gasteiger charge is 2.17. The maximum Gasteiger partial charge on any atom is 0.171 e. The van der Waals surface area contributed by atoms with Gasteiger partial charge in [-0.2, -0.15) is 0 Å². The SMILES string of the molecule is COc1ccc(NC(=S)N[C@H](C)c2ccc(N3CCC[C@@H](C)C3)cc2)cc1Cl. The van der Waals surface area contributed by atoms with Gasteiger partial charge >= 0.3 is 0 Å². The van der Waals surface area contributed by atoms with Crippen molar-refractivity contribution in [2.24, 2.45) is 5.92 Å². The first kappa shape index (κ1) is 20.7. The molecule has 0 bridgehead atoms. The van der Waals surface area contributed by atoms with Crippen LogP contribution in [0.15, 0.2) is 42.5 Å². The van der Waals surface area contributed by atoms with E-state index in [9.17, 15) is 0 Å². The molecule has 2 aromatic rings. The van der Waals surface area contributed by atoms with Gasteiger partial charge in [0, 0.05) is 24.5 Å². The fourth-order valence-electron chi connectivity index (χ4n) is 3.59. The number of hydrogen-bond acceptors (Lipinski definition) is 3. The zero-order chi connectivity index (χ0) is 20.1. The molecular weight excluding hydrogens is 390 g/mol. The first-order valence-corrected chi connectivity index (χ1v) is 10.5. The minimum atomic E-state index is 0.100. The maximum absolute atomic E-state index is 6.17. The van der Waals surface area contributed by atoms with Gasteiger partial charge in [-0.25, -0.2) is 0 Å². The Kier molecular flexibility index (Phi) is 7.03. The average Bonchev–Trinajstić information content (AvgIpc) is 2.68. The summed E-state index contributed by atoms with van der Waals surface area (Å²) in [6.07, 6.45) is 2.61. The van der Waals surface area contributed by atoms with Gasteiger partial charge in [0.15, 0.2) is 5.11 Å². The molecule has 2 atom stereocenters. The molecule has 1 aliphatic rings. The van der Waals surface area contributed by atoms with E-state index in [4.69, 9.17) is 28.6 Å². The molecule has 0 unspecified atom stereocenters. The summed E-state index contributed by atoms with van der Waals surface area (Å²) in [5.74, 6) is 1.41. The van der Waals surface area contributed by atoms with Gasteiger partial charge in [-0.15, -0.1) is 0 Å². The monoisotopic (exact) mass is 417 g/mol. The summed E-state index contributed by atoms with van der Waals surface area (Å²) in [6, 6.07) is 14.4. The van der Waals surface area contributed by atoms with Crippen LogP contribution >= 0.6 is 23.8 Å². The van der Waals surface area contributed by atoms with Gasteiger partial charge in [-0.1, -0.05) is 30.7 Å². The van der Waals surface area contributed by atoms with Crippen molar-refractivity contribution in [2.45, 2.75) is 32.7 Å². The molecule has 0 saturated carbocycles. The Bertz CT molecular complexity index is 812. The molecule has 2 aromatic carbocycles. The molecule has 0 aliphatic carbocycles. The number of ether oxygens (including phenoxy) is 1. The molecule has 6 heteroatoms. The lowest BCUT2D eigenvalue weighted by Gasteiger charge is -2.33. The van der Waals surface area contributed by atoms with Gasteiger partial charge in [0.2, 0.25) is 0 Å². The summed E-state index contributed by atoms with van der Waals surface area (Å²) >= 11 is 11.6. The molecule has 28 heavy (non-hydrogen) atoms. The number of anilines is 2. The predicted molar refractivity (Wildman–Crippen MR) is 123 cm³/mol. The minimum absolute atomic E-state index is 0.100. The van der Waals surface area contributed by atoms with E-state index >= 15 is 0 Å². The fourth-order valence-corrected chi connectivity index (χ4v) is 4.14. The molecule has 0 aromatic heterocycles. The third kappa shape index (κ3) is 5.30. The smallest absolute Gasteiger partial charge is 0.171 e. The highest BCUT2D eigenvalue weighted by Crippen LogP contribution is 2.27. The number of nitrogens with zero attached hydrogens (tertiary/aromatic N) is 1. The molecule has 1 aliphatic heterocycles. The van der Waals surface area contributed by atoms with Gasteiger partial charge < -0.3 is 20.3 Å². The highest BCUT2D eigenvalue weighted by atomic mass is 35.5. The van der Waals surface area contributed by atoms with Crippen LogP contribution in [-0.2, 0) is 0 Å². The summed E-state index contributed by atoms with van der Waals surface area (Å²) in [7, 11) is 1.60. The number of halogens is 1. The normalized spacial score (nSPS) is 17.7. The van der Waals surface area contributed by atoms with E-state index in [1.165, 1.54) is 24.1 Å². The molecule has 1 fully saturated rings. The summed E-state index contributed by atoms with van der Waals surface area (Å²) in [6.45, 7) is 6.73. The summed E-state index contributed by atoms with van der Waals surface area (Å²) in [5, 5.41) is 7.61. The highest BCUT2D eigenvalue weighted by molar-refractivity contribution is 7.80. The molecular formula is C22H28ClN3OS. The molecule has 1 heterocycles. The maximum atomic E-state index is 6.17. The molecule has 1 saturated heterocycles. The van der Waals surface area contributed by atoms with Gasteiger partial charge in [0.25, 0.3) is 0 Å². The van der Waals surface area contributed by atoms with E-state index in [0.717, 1.165) is 24.7 Å². The van der Waals surface area contributed by atoms with Crippen molar-refractivity contribution in [1.29, 1.82) is 0 Å². The van der Waals surface area contributed by atoms with E-state index in [-0.39, 0.29) is 6.04 Å².